The minimum atomic E-state index is -0.299. The van der Waals surface area contributed by atoms with Gasteiger partial charge in [-0.3, -0.25) is 4.40 Å². The zero-order chi connectivity index (χ0) is 19.1. The molecule has 3 aromatic carbocycles. The van der Waals surface area contributed by atoms with Gasteiger partial charge >= 0.3 is 0 Å². The number of hydrogen-bond acceptors (Lipinski definition) is 3. The molecule has 136 valence electrons. The van der Waals surface area contributed by atoms with Crippen LogP contribution in [0.2, 0.25) is 0 Å². The number of rotatable bonds is 3. The zero-order valence-electron chi connectivity index (χ0n) is 14.5. The summed E-state index contributed by atoms with van der Waals surface area (Å²) in [6.07, 6.45) is 1.68. The maximum absolute atomic E-state index is 13.4. The van der Waals surface area contributed by atoms with Crippen molar-refractivity contribution < 1.29 is 8.78 Å². The quantitative estimate of drug-likeness (QED) is 0.336. The second-order valence-corrected chi connectivity index (χ2v) is 7.30. The Morgan fingerprint density at radius 2 is 1.54 bits per heavy atom. The van der Waals surface area contributed by atoms with Crippen LogP contribution in [0.5, 0.6) is 0 Å². The molecule has 5 rings (SSSR count). The van der Waals surface area contributed by atoms with Crippen molar-refractivity contribution in [2.24, 2.45) is 4.99 Å². The van der Waals surface area contributed by atoms with Crippen LogP contribution in [0.4, 0.5) is 14.6 Å². The summed E-state index contributed by atoms with van der Waals surface area (Å²) in [6.45, 7) is 0. The first-order valence-electron chi connectivity index (χ1n) is 8.64. The molecule has 3 nitrogen and oxygen atoms in total. The number of thiazole rings is 1. The lowest BCUT2D eigenvalue weighted by Gasteiger charge is -2.01. The Morgan fingerprint density at radius 3 is 2.29 bits per heavy atom. The number of para-hydroxylation sites is 1. The highest BCUT2D eigenvalue weighted by molar-refractivity contribution is 7.23. The Kier molecular flexibility index (Phi) is 3.98. The fourth-order valence-corrected chi connectivity index (χ4v) is 4.13. The molecule has 0 saturated carbocycles. The van der Waals surface area contributed by atoms with Crippen molar-refractivity contribution in [3.63, 3.8) is 0 Å². The van der Waals surface area contributed by atoms with Gasteiger partial charge in [0.1, 0.15) is 17.3 Å². The Labute approximate surface area is 163 Å². The summed E-state index contributed by atoms with van der Waals surface area (Å²) in [6, 6.07) is 20.4. The van der Waals surface area contributed by atoms with Gasteiger partial charge in [0.25, 0.3) is 0 Å². The van der Waals surface area contributed by atoms with Crippen molar-refractivity contribution in [1.82, 2.24) is 9.38 Å². The lowest BCUT2D eigenvalue weighted by atomic mass is 10.1. The fraction of sp³-hybridized carbons (Fsp3) is 0. The molecule has 0 amide bonds. The van der Waals surface area contributed by atoms with Crippen LogP contribution >= 0.6 is 11.3 Å². The molecule has 5 aromatic rings. The van der Waals surface area contributed by atoms with Crippen LogP contribution in [-0.2, 0) is 0 Å². The van der Waals surface area contributed by atoms with Crippen LogP contribution in [0.3, 0.4) is 0 Å². The molecule has 2 heterocycles. The molecular formula is C22H13F2N3S. The number of aromatic nitrogens is 2. The van der Waals surface area contributed by atoms with Crippen molar-refractivity contribution in [2.45, 2.75) is 0 Å². The van der Waals surface area contributed by atoms with E-state index in [1.165, 1.54) is 24.3 Å². The summed E-state index contributed by atoms with van der Waals surface area (Å²) in [5, 5.41) is 0. The monoisotopic (exact) mass is 389 g/mol. The molecule has 6 heteroatoms. The van der Waals surface area contributed by atoms with Gasteiger partial charge in [-0.15, -0.1) is 0 Å². The van der Waals surface area contributed by atoms with Gasteiger partial charge < -0.3 is 0 Å². The standard InChI is InChI=1S/C22H13F2N3S/c23-16-9-5-14(6-10-16)13-25-21-20(15-7-11-17(24)12-8-15)26-22-27(21)18-3-1-2-4-19(18)28-22/h1-13H/b25-13+. The minimum Gasteiger partial charge on any atom is -0.267 e. The predicted molar refractivity (Wildman–Crippen MR) is 110 cm³/mol. The average molecular weight is 389 g/mol. The van der Waals surface area contributed by atoms with Gasteiger partial charge in [0.2, 0.25) is 0 Å². The Bertz CT molecular complexity index is 1320. The van der Waals surface area contributed by atoms with Crippen LogP contribution < -0.4 is 0 Å². The van der Waals surface area contributed by atoms with E-state index < -0.39 is 0 Å². The lowest BCUT2D eigenvalue weighted by Crippen LogP contribution is -1.86. The summed E-state index contributed by atoms with van der Waals surface area (Å²) < 4.78 is 29.6. The summed E-state index contributed by atoms with van der Waals surface area (Å²) in [5.74, 6) is 0.0645. The second-order valence-electron chi connectivity index (χ2n) is 6.29. The van der Waals surface area contributed by atoms with Gasteiger partial charge in [-0.05, 0) is 54.1 Å². The maximum Gasteiger partial charge on any atom is 0.197 e. The van der Waals surface area contributed by atoms with E-state index in [0.717, 1.165) is 26.3 Å². The number of nitrogens with zero attached hydrogens (tertiary/aromatic N) is 3. The SMILES string of the molecule is Fc1ccc(/C=N/c2c(-c3ccc(F)cc3)nc3sc4ccccc4n23)cc1. The van der Waals surface area contributed by atoms with Crippen molar-refractivity contribution in [3.05, 3.63) is 90.0 Å². The summed E-state index contributed by atoms with van der Waals surface area (Å²) in [4.78, 5) is 10.3. The highest BCUT2D eigenvalue weighted by Gasteiger charge is 2.17. The van der Waals surface area contributed by atoms with E-state index in [2.05, 4.69) is 4.99 Å². The van der Waals surface area contributed by atoms with Crippen molar-refractivity contribution in [2.75, 3.05) is 0 Å². The van der Waals surface area contributed by atoms with Crippen LogP contribution in [-0.4, -0.2) is 15.6 Å². The molecule has 0 fully saturated rings. The van der Waals surface area contributed by atoms with Gasteiger partial charge in [-0.1, -0.05) is 35.6 Å². The molecule has 0 N–H and O–H groups in total. The molecule has 0 radical (unpaired) electrons. The van der Waals surface area contributed by atoms with E-state index in [0.29, 0.717) is 11.5 Å². The van der Waals surface area contributed by atoms with E-state index >= 15 is 0 Å². The van der Waals surface area contributed by atoms with E-state index in [9.17, 15) is 8.78 Å². The van der Waals surface area contributed by atoms with Gasteiger partial charge in [0, 0.05) is 11.8 Å². The number of imidazole rings is 1. The first-order chi connectivity index (χ1) is 13.7. The van der Waals surface area contributed by atoms with Crippen molar-refractivity contribution in [1.29, 1.82) is 0 Å². The third kappa shape index (κ3) is 2.88. The Morgan fingerprint density at radius 1 is 0.857 bits per heavy atom. The third-order valence-electron chi connectivity index (χ3n) is 4.45. The van der Waals surface area contributed by atoms with E-state index in [1.807, 2.05) is 28.7 Å². The van der Waals surface area contributed by atoms with E-state index in [-0.39, 0.29) is 11.6 Å². The summed E-state index contributed by atoms with van der Waals surface area (Å²) >= 11 is 1.57. The van der Waals surface area contributed by atoms with Crippen LogP contribution in [0.25, 0.3) is 26.4 Å². The molecule has 0 atom stereocenters. The van der Waals surface area contributed by atoms with Crippen LogP contribution in [0.15, 0.2) is 77.8 Å². The first-order valence-corrected chi connectivity index (χ1v) is 9.46. The molecule has 0 aliphatic heterocycles. The normalized spacial score (nSPS) is 11.8. The number of hydrogen-bond donors (Lipinski definition) is 0. The van der Waals surface area contributed by atoms with Crippen molar-refractivity contribution in [3.8, 4) is 11.3 Å². The van der Waals surface area contributed by atoms with Crippen LogP contribution in [0.1, 0.15) is 5.56 Å². The second kappa shape index (κ2) is 6.65. The largest absolute Gasteiger partial charge is 0.267 e. The summed E-state index contributed by atoms with van der Waals surface area (Å²) in [7, 11) is 0. The molecule has 0 aliphatic rings. The van der Waals surface area contributed by atoms with Crippen LogP contribution in [0, 0.1) is 11.6 Å². The van der Waals surface area contributed by atoms with Gasteiger partial charge in [-0.2, -0.15) is 0 Å². The van der Waals surface area contributed by atoms with Gasteiger partial charge in [-0.25, -0.2) is 18.8 Å². The molecular weight excluding hydrogens is 376 g/mol. The number of aliphatic imine (C=N–C) groups is 1. The lowest BCUT2D eigenvalue weighted by molar-refractivity contribution is 0.627. The Balaban J connectivity index is 1.73. The third-order valence-corrected chi connectivity index (χ3v) is 5.47. The molecule has 0 unspecified atom stereocenters. The van der Waals surface area contributed by atoms with Gasteiger partial charge in [0.05, 0.1) is 10.2 Å². The first kappa shape index (κ1) is 16.8. The zero-order valence-corrected chi connectivity index (χ0v) is 15.3. The molecule has 0 saturated heterocycles. The molecule has 0 spiro atoms. The fourth-order valence-electron chi connectivity index (χ4n) is 3.11. The average Bonchev–Trinajstić information content (AvgIpc) is 3.24. The Hall–Kier alpha value is -3.38. The molecule has 0 bridgehead atoms. The molecule has 2 aromatic heterocycles. The molecule has 0 aliphatic carbocycles. The number of fused-ring (bicyclic) bond motifs is 3. The maximum atomic E-state index is 13.4. The highest BCUT2D eigenvalue weighted by Crippen LogP contribution is 2.37. The molecule has 28 heavy (non-hydrogen) atoms. The highest BCUT2D eigenvalue weighted by atomic mass is 32.1. The van der Waals surface area contributed by atoms with Gasteiger partial charge in [0.15, 0.2) is 10.8 Å². The van der Waals surface area contributed by atoms with Crippen molar-refractivity contribution >= 4 is 38.5 Å². The number of halogens is 2. The van der Waals surface area contributed by atoms with E-state index in [1.54, 1.807) is 41.8 Å². The minimum absolute atomic E-state index is 0.292. The van der Waals surface area contributed by atoms with E-state index in [4.69, 9.17) is 4.98 Å². The number of benzene rings is 3. The topological polar surface area (TPSA) is 29.7 Å². The summed E-state index contributed by atoms with van der Waals surface area (Å²) in [5.41, 5.74) is 3.25. The predicted octanol–water partition coefficient (Wildman–Crippen LogP) is 6.24. The smallest absolute Gasteiger partial charge is 0.197 e.